The van der Waals surface area contributed by atoms with Gasteiger partial charge in [0.25, 0.3) is 11.5 Å². The minimum atomic E-state index is -0.326. The van der Waals surface area contributed by atoms with Crippen LogP contribution in [0.5, 0.6) is 5.75 Å². The number of benzene rings is 2. The number of para-hydroxylation sites is 1. The molecule has 166 valence electrons. The van der Waals surface area contributed by atoms with E-state index in [0.717, 1.165) is 11.8 Å². The SMILES string of the molecule is CCOc1ccc(-n2c(SCC(=O)NN=Cc3ccccn3)nc3ccccc3c2=O)cc1. The molecule has 2 heterocycles. The fraction of sp³-hybridized carbons (Fsp3) is 0.125. The molecule has 0 aliphatic heterocycles. The zero-order valence-corrected chi connectivity index (χ0v) is 18.7. The molecule has 1 amide bonds. The van der Waals surface area contributed by atoms with E-state index in [1.54, 1.807) is 60.8 Å². The highest BCUT2D eigenvalue weighted by molar-refractivity contribution is 7.99. The van der Waals surface area contributed by atoms with Gasteiger partial charge in [-0.05, 0) is 55.5 Å². The molecule has 0 spiro atoms. The first-order valence-corrected chi connectivity index (χ1v) is 11.2. The summed E-state index contributed by atoms with van der Waals surface area (Å²) in [6, 6.07) is 19.7. The summed E-state index contributed by atoms with van der Waals surface area (Å²) in [7, 11) is 0. The number of rotatable bonds is 8. The Morgan fingerprint density at radius 1 is 1.12 bits per heavy atom. The minimum absolute atomic E-state index is 0.0291. The molecule has 4 rings (SSSR count). The van der Waals surface area contributed by atoms with E-state index in [1.807, 2.05) is 19.1 Å². The molecule has 0 atom stereocenters. The highest BCUT2D eigenvalue weighted by Gasteiger charge is 2.15. The molecule has 1 N–H and O–H groups in total. The van der Waals surface area contributed by atoms with E-state index in [2.05, 4.69) is 20.5 Å². The summed E-state index contributed by atoms with van der Waals surface area (Å²) in [4.78, 5) is 34.3. The van der Waals surface area contributed by atoms with E-state index in [1.165, 1.54) is 10.8 Å². The van der Waals surface area contributed by atoms with Crippen LogP contribution in [0.2, 0.25) is 0 Å². The molecule has 4 aromatic rings. The number of carbonyl (C=O) groups is 1. The third-order valence-electron chi connectivity index (χ3n) is 4.56. The third-order valence-corrected chi connectivity index (χ3v) is 5.50. The molecular formula is C24H21N5O3S. The van der Waals surface area contributed by atoms with Crippen molar-refractivity contribution in [2.75, 3.05) is 12.4 Å². The predicted molar refractivity (Wildman–Crippen MR) is 129 cm³/mol. The molecule has 0 bridgehead atoms. The second kappa shape index (κ2) is 10.6. The third kappa shape index (κ3) is 5.45. The summed E-state index contributed by atoms with van der Waals surface area (Å²) >= 11 is 1.16. The van der Waals surface area contributed by atoms with Crippen molar-refractivity contribution in [3.8, 4) is 11.4 Å². The number of ether oxygens (including phenoxy) is 1. The topological polar surface area (TPSA) is 98.5 Å². The molecule has 0 fully saturated rings. The van der Waals surface area contributed by atoms with Gasteiger partial charge in [-0.2, -0.15) is 5.10 Å². The lowest BCUT2D eigenvalue weighted by Crippen LogP contribution is -2.24. The van der Waals surface area contributed by atoms with Crippen molar-refractivity contribution in [2.24, 2.45) is 5.10 Å². The highest BCUT2D eigenvalue weighted by Crippen LogP contribution is 2.22. The lowest BCUT2D eigenvalue weighted by molar-refractivity contribution is -0.118. The zero-order valence-electron chi connectivity index (χ0n) is 17.8. The minimum Gasteiger partial charge on any atom is -0.494 e. The number of carbonyl (C=O) groups excluding carboxylic acids is 1. The first-order chi connectivity index (χ1) is 16.2. The van der Waals surface area contributed by atoms with E-state index >= 15 is 0 Å². The Bertz CT molecular complexity index is 1340. The van der Waals surface area contributed by atoms with Crippen LogP contribution >= 0.6 is 11.8 Å². The maximum absolute atomic E-state index is 13.3. The Hall–Kier alpha value is -3.98. The summed E-state index contributed by atoms with van der Waals surface area (Å²) in [6.45, 7) is 2.46. The Kier molecular flexibility index (Phi) is 7.11. The van der Waals surface area contributed by atoms with Gasteiger partial charge in [-0.25, -0.2) is 10.4 Å². The van der Waals surface area contributed by atoms with Crippen LogP contribution in [-0.4, -0.2) is 39.0 Å². The van der Waals surface area contributed by atoms with Gasteiger partial charge in [0.15, 0.2) is 5.16 Å². The Balaban J connectivity index is 1.58. The smallest absolute Gasteiger partial charge is 0.266 e. The van der Waals surface area contributed by atoms with Crippen LogP contribution in [0.3, 0.4) is 0 Å². The number of hydrogen-bond acceptors (Lipinski definition) is 7. The van der Waals surface area contributed by atoms with Gasteiger partial charge in [0.2, 0.25) is 0 Å². The fourth-order valence-electron chi connectivity index (χ4n) is 3.08. The van der Waals surface area contributed by atoms with Crippen LogP contribution in [0.15, 0.2) is 88.0 Å². The lowest BCUT2D eigenvalue weighted by Gasteiger charge is -2.13. The number of nitrogens with one attached hydrogen (secondary N) is 1. The molecule has 0 radical (unpaired) electrons. The molecule has 0 saturated carbocycles. The van der Waals surface area contributed by atoms with E-state index in [4.69, 9.17) is 4.74 Å². The number of pyridine rings is 1. The Labute approximate surface area is 194 Å². The number of amides is 1. The molecule has 33 heavy (non-hydrogen) atoms. The molecule has 2 aromatic heterocycles. The molecular weight excluding hydrogens is 438 g/mol. The van der Waals surface area contributed by atoms with Crippen LogP contribution in [0.25, 0.3) is 16.6 Å². The second-order valence-corrected chi connectivity index (χ2v) is 7.76. The van der Waals surface area contributed by atoms with Gasteiger partial charge in [0.1, 0.15) is 5.75 Å². The molecule has 8 nitrogen and oxygen atoms in total. The zero-order chi connectivity index (χ0) is 23.0. The van der Waals surface area contributed by atoms with Crippen molar-refractivity contribution in [1.82, 2.24) is 20.0 Å². The second-order valence-electron chi connectivity index (χ2n) is 6.82. The van der Waals surface area contributed by atoms with Crippen molar-refractivity contribution < 1.29 is 9.53 Å². The number of thioether (sulfide) groups is 1. The van der Waals surface area contributed by atoms with Gasteiger partial charge in [0, 0.05) is 6.20 Å². The van der Waals surface area contributed by atoms with Gasteiger partial charge >= 0.3 is 0 Å². The molecule has 0 saturated heterocycles. The van der Waals surface area contributed by atoms with Crippen molar-refractivity contribution >= 4 is 34.8 Å². The average Bonchev–Trinajstić information content (AvgIpc) is 2.84. The van der Waals surface area contributed by atoms with Gasteiger partial charge in [-0.3, -0.25) is 19.1 Å². The monoisotopic (exact) mass is 459 g/mol. The van der Waals surface area contributed by atoms with Crippen LogP contribution < -0.4 is 15.7 Å². The summed E-state index contributed by atoms with van der Waals surface area (Å²) in [5.41, 5.74) is 4.10. The van der Waals surface area contributed by atoms with Gasteiger partial charge in [0.05, 0.1) is 40.9 Å². The summed E-state index contributed by atoms with van der Waals surface area (Å²) < 4.78 is 7.00. The summed E-state index contributed by atoms with van der Waals surface area (Å²) in [6.07, 6.45) is 3.11. The van der Waals surface area contributed by atoms with E-state index < -0.39 is 0 Å². The highest BCUT2D eigenvalue weighted by atomic mass is 32.2. The predicted octanol–water partition coefficient (Wildman–Crippen LogP) is 3.42. The summed E-state index contributed by atoms with van der Waals surface area (Å²) in [5.74, 6) is 0.414. The van der Waals surface area contributed by atoms with Crippen molar-refractivity contribution in [3.63, 3.8) is 0 Å². The molecule has 0 aliphatic rings. The first-order valence-electron chi connectivity index (χ1n) is 10.3. The molecule has 2 aromatic carbocycles. The number of nitrogens with zero attached hydrogens (tertiary/aromatic N) is 4. The molecule has 0 aliphatic carbocycles. The van der Waals surface area contributed by atoms with Crippen molar-refractivity contribution in [1.29, 1.82) is 0 Å². The normalized spacial score (nSPS) is 11.1. The Morgan fingerprint density at radius 3 is 2.67 bits per heavy atom. The lowest BCUT2D eigenvalue weighted by atomic mass is 10.2. The quantitative estimate of drug-likeness (QED) is 0.188. The van der Waals surface area contributed by atoms with E-state index in [9.17, 15) is 9.59 Å². The van der Waals surface area contributed by atoms with Crippen molar-refractivity contribution in [2.45, 2.75) is 12.1 Å². The number of fused-ring (bicyclic) bond motifs is 1. The largest absolute Gasteiger partial charge is 0.494 e. The maximum Gasteiger partial charge on any atom is 0.266 e. The Morgan fingerprint density at radius 2 is 1.91 bits per heavy atom. The van der Waals surface area contributed by atoms with Gasteiger partial charge in [-0.15, -0.1) is 0 Å². The maximum atomic E-state index is 13.3. The van der Waals surface area contributed by atoms with E-state index in [0.29, 0.717) is 39.8 Å². The molecule has 0 unspecified atom stereocenters. The number of aromatic nitrogens is 3. The van der Waals surface area contributed by atoms with Crippen molar-refractivity contribution in [3.05, 3.63) is 89.0 Å². The van der Waals surface area contributed by atoms with Gasteiger partial charge in [-0.1, -0.05) is 30.0 Å². The summed E-state index contributed by atoms with van der Waals surface area (Å²) in [5, 5.41) is 4.83. The number of hydrazone groups is 1. The standard InChI is InChI=1S/C24H21N5O3S/c1-2-32-19-12-10-18(11-13-19)29-23(31)20-8-3-4-9-21(20)27-24(29)33-16-22(30)28-26-15-17-7-5-6-14-25-17/h3-15H,2,16H2,1H3,(H,28,30). The van der Waals surface area contributed by atoms with Crippen LogP contribution in [0.1, 0.15) is 12.6 Å². The van der Waals surface area contributed by atoms with E-state index in [-0.39, 0.29) is 17.2 Å². The first kappa shape index (κ1) is 22.2. The molecule has 9 heteroatoms. The van der Waals surface area contributed by atoms with Gasteiger partial charge < -0.3 is 4.74 Å². The fourth-order valence-corrected chi connectivity index (χ4v) is 3.89. The van der Waals surface area contributed by atoms with Crippen LogP contribution in [-0.2, 0) is 4.79 Å². The average molecular weight is 460 g/mol. The van der Waals surface area contributed by atoms with Crippen LogP contribution in [0, 0.1) is 0 Å². The van der Waals surface area contributed by atoms with Crippen LogP contribution in [0.4, 0.5) is 0 Å². The number of hydrogen-bond donors (Lipinski definition) is 1.